The van der Waals surface area contributed by atoms with E-state index in [1.807, 2.05) is 11.8 Å². The fourth-order valence-electron chi connectivity index (χ4n) is 3.89. The van der Waals surface area contributed by atoms with Gasteiger partial charge in [0.15, 0.2) is 0 Å². The van der Waals surface area contributed by atoms with Gasteiger partial charge >= 0.3 is 6.09 Å². The third-order valence-corrected chi connectivity index (χ3v) is 5.38. The smallest absolute Gasteiger partial charge is 0.409 e. The summed E-state index contributed by atoms with van der Waals surface area (Å²) < 4.78 is 18.1. The number of rotatable bonds is 5. The van der Waals surface area contributed by atoms with Gasteiger partial charge in [0.2, 0.25) is 0 Å². The molecule has 2 saturated heterocycles. The highest BCUT2D eigenvalue weighted by atomic mass is 19.1. The lowest BCUT2D eigenvalue weighted by Crippen LogP contribution is -2.56. The molecule has 1 amide bonds. The molecular formula is C21H30FN3O2. The highest BCUT2D eigenvalue weighted by Gasteiger charge is 2.29. The van der Waals surface area contributed by atoms with Gasteiger partial charge in [-0.05, 0) is 44.0 Å². The quantitative estimate of drug-likeness (QED) is 0.792. The van der Waals surface area contributed by atoms with Crippen molar-refractivity contribution in [2.75, 3.05) is 52.4 Å². The SMILES string of the molecule is CCOC(=O)N1CCN([C@@H]2CCCN(C/C=C/c3ccc(F)cc3)C2)CC1. The number of likely N-dealkylation sites (tertiary alicyclic amines) is 1. The normalized spacial score (nSPS) is 22.3. The summed E-state index contributed by atoms with van der Waals surface area (Å²) in [7, 11) is 0. The molecule has 2 aliphatic rings. The molecule has 0 aromatic heterocycles. The van der Waals surface area contributed by atoms with Gasteiger partial charge in [-0.2, -0.15) is 0 Å². The fourth-order valence-corrected chi connectivity index (χ4v) is 3.89. The molecule has 2 aliphatic heterocycles. The number of carbonyl (C=O) groups is 1. The summed E-state index contributed by atoms with van der Waals surface area (Å²) in [6.45, 7) is 8.71. The van der Waals surface area contributed by atoms with E-state index in [1.54, 1.807) is 12.1 Å². The Kier molecular flexibility index (Phi) is 7.24. The number of hydrogen-bond donors (Lipinski definition) is 0. The van der Waals surface area contributed by atoms with Gasteiger partial charge < -0.3 is 9.64 Å². The molecule has 2 fully saturated rings. The first kappa shape index (κ1) is 19.8. The van der Waals surface area contributed by atoms with Crippen LogP contribution in [-0.4, -0.2) is 79.3 Å². The highest BCUT2D eigenvalue weighted by Crippen LogP contribution is 2.18. The van der Waals surface area contributed by atoms with Crippen LogP contribution in [0.3, 0.4) is 0 Å². The summed E-state index contributed by atoms with van der Waals surface area (Å²) in [5.74, 6) is -0.200. The molecule has 148 valence electrons. The second kappa shape index (κ2) is 9.85. The topological polar surface area (TPSA) is 36.0 Å². The van der Waals surface area contributed by atoms with E-state index >= 15 is 0 Å². The van der Waals surface area contributed by atoms with Crippen molar-refractivity contribution < 1.29 is 13.9 Å². The Bertz CT molecular complexity index is 627. The molecule has 5 nitrogen and oxygen atoms in total. The second-order valence-electron chi connectivity index (χ2n) is 7.23. The zero-order chi connectivity index (χ0) is 19.1. The lowest BCUT2D eigenvalue weighted by atomic mass is 10.0. The summed E-state index contributed by atoms with van der Waals surface area (Å²) in [6, 6.07) is 7.14. The van der Waals surface area contributed by atoms with Crippen LogP contribution in [0, 0.1) is 5.82 Å². The van der Waals surface area contributed by atoms with Crippen molar-refractivity contribution in [3.63, 3.8) is 0 Å². The molecule has 27 heavy (non-hydrogen) atoms. The van der Waals surface area contributed by atoms with Crippen LogP contribution >= 0.6 is 0 Å². The van der Waals surface area contributed by atoms with Crippen LogP contribution in [-0.2, 0) is 4.74 Å². The summed E-state index contributed by atoms with van der Waals surface area (Å²) in [6.07, 6.45) is 6.45. The minimum atomic E-state index is -0.200. The maximum atomic E-state index is 13.0. The van der Waals surface area contributed by atoms with Gasteiger partial charge in [0.1, 0.15) is 5.82 Å². The van der Waals surface area contributed by atoms with Crippen molar-refractivity contribution in [2.24, 2.45) is 0 Å². The Hall–Kier alpha value is -1.92. The van der Waals surface area contributed by atoms with E-state index in [0.717, 1.165) is 51.4 Å². The molecule has 0 spiro atoms. The Morgan fingerprint density at radius 2 is 1.93 bits per heavy atom. The Morgan fingerprint density at radius 1 is 1.19 bits per heavy atom. The van der Waals surface area contributed by atoms with Gasteiger partial charge in [-0.25, -0.2) is 9.18 Å². The molecule has 1 atom stereocenters. The molecule has 0 aliphatic carbocycles. The molecule has 2 heterocycles. The number of carbonyl (C=O) groups excluding carboxylic acids is 1. The van der Waals surface area contributed by atoms with Gasteiger partial charge in [-0.3, -0.25) is 9.80 Å². The monoisotopic (exact) mass is 375 g/mol. The Labute approximate surface area is 161 Å². The van der Waals surface area contributed by atoms with E-state index in [1.165, 1.54) is 25.0 Å². The van der Waals surface area contributed by atoms with Gasteiger partial charge in [0.25, 0.3) is 0 Å². The van der Waals surface area contributed by atoms with Crippen LogP contribution in [0.4, 0.5) is 9.18 Å². The molecule has 0 saturated carbocycles. The lowest BCUT2D eigenvalue weighted by Gasteiger charge is -2.43. The molecular weight excluding hydrogens is 345 g/mol. The predicted molar refractivity (Wildman–Crippen MR) is 105 cm³/mol. The predicted octanol–water partition coefficient (Wildman–Crippen LogP) is 3.08. The van der Waals surface area contributed by atoms with Gasteiger partial charge in [-0.15, -0.1) is 0 Å². The van der Waals surface area contributed by atoms with Crippen molar-refractivity contribution in [2.45, 2.75) is 25.8 Å². The van der Waals surface area contributed by atoms with Crippen LogP contribution in [0.1, 0.15) is 25.3 Å². The number of hydrogen-bond acceptors (Lipinski definition) is 4. The molecule has 0 radical (unpaired) electrons. The van der Waals surface area contributed by atoms with Crippen LogP contribution < -0.4 is 0 Å². The maximum Gasteiger partial charge on any atom is 0.409 e. The molecule has 1 aromatic carbocycles. The summed E-state index contributed by atoms with van der Waals surface area (Å²) in [5, 5.41) is 0. The maximum absolute atomic E-state index is 13.0. The van der Waals surface area contributed by atoms with Crippen molar-refractivity contribution in [1.82, 2.24) is 14.7 Å². The average Bonchev–Trinajstić information content (AvgIpc) is 2.70. The summed E-state index contributed by atoms with van der Waals surface area (Å²) in [4.78, 5) is 18.6. The van der Waals surface area contributed by atoms with Gasteiger partial charge in [0, 0.05) is 45.3 Å². The molecule has 6 heteroatoms. The van der Waals surface area contributed by atoms with E-state index in [9.17, 15) is 9.18 Å². The first-order valence-corrected chi connectivity index (χ1v) is 9.96. The summed E-state index contributed by atoms with van der Waals surface area (Å²) >= 11 is 0. The number of piperidine rings is 1. The van der Waals surface area contributed by atoms with Crippen LogP contribution in [0.25, 0.3) is 6.08 Å². The molecule has 0 unspecified atom stereocenters. The van der Waals surface area contributed by atoms with Crippen molar-refractivity contribution in [3.8, 4) is 0 Å². The van der Waals surface area contributed by atoms with Crippen molar-refractivity contribution in [3.05, 3.63) is 41.7 Å². The first-order chi connectivity index (χ1) is 13.2. The minimum absolute atomic E-state index is 0.187. The third kappa shape index (κ3) is 5.78. The van der Waals surface area contributed by atoms with E-state index in [0.29, 0.717) is 12.6 Å². The number of benzene rings is 1. The number of halogens is 1. The molecule has 0 bridgehead atoms. The van der Waals surface area contributed by atoms with Crippen molar-refractivity contribution >= 4 is 12.2 Å². The number of ether oxygens (including phenoxy) is 1. The molecule has 0 N–H and O–H groups in total. The Balaban J connectivity index is 1.44. The first-order valence-electron chi connectivity index (χ1n) is 9.96. The largest absolute Gasteiger partial charge is 0.450 e. The second-order valence-corrected chi connectivity index (χ2v) is 7.23. The van der Waals surface area contributed by atoms with Crippen LogP contribution in [0.15, 0.2) is 30.3 Å². The van der Waals surface area contributed by atoms with Crippen LogP contribution in [0.5, 0.6) is 0 Å². The average molecular weight is 375 g/mol. The van der Waals surface area contributed by atoms with E-state index in [2.05, 4.69) is 22.0 Å². The van der Waals surface area contributed by atoms with E-state index < -0.39 is 0 Å². The number of amides is 1. The standard InChI is InChI=1S/C21H30FN3O2/c1-2-27-21(26)25-15-13-24(14-16-25)20-6-4-12-23(17-20)11-3-5-18-7-9-19(22)10-8-18/h3,5,7-10,20H,2,4,6,11-17H2,1H3/b5-3+/t20-/m1/s1. The van der Waals surface area contributed by atoms with E-state index in [-0.39, 0.29) is 11.9 Å². The minimum Gasteiger partial charge on any atom is -0.450 e. The number of piperazine rings is 1. The zero-order valence-electron chi connectivity index (χ0n) is 16.1. The lowest BCUT2D eigenvalue weighted by molar-refractivity contribution is 0.0450. The zero-order valence-corrected chi connectivity index (χ0v) is 16.1. The van der Waals surface area contributed by atoms with E-state index in [4.69, 9.17) is 4.74 Å². The van der Waals surface area contributed by atoms with Crippen LogP contribution in [0.2, 0.25) is 0 Å². The third-order valence-electron chi connectivity index (χ3n) is 5.38. The van der Waals surface area contributed by atoms with Crippen molar-refractivity contribution in [1.29, 1.82) is 0 Å². The van der Waals surface area contributed by atoms with Gasteiger partial charge in [-0.1, -0.05) is 24.3 Å². The van der Waals surface area contributed by atoms with Gasteiger partial charge in [0.05, 0.1) is 6.61 Å². The number of nitrogens with zero attached hydrogens (tertiary/aromatic N) is 3. The molecule has 3 rings (SSSR count). The molecule has 1 aromatic rings. The summed E-state index contributed by atoms with van der Waals surface area (Å²) in [5.41, 5.74) is 1.03. The Morgan fingerprint density at radius 3 is 2.63 bits per heavy atom. The highest BCUT2D eigenvalue weighted by molar-refractivity contribution is 5.67. The fraction of sp³-hybridized carbons (Fsp3) is 0.571.